The van der Waals surface area contributed by atoms with Gasteiger partial charge in [-0.3, -0.25) is 9.59 Å². The first kappa shape index (κ1) is 29.4. The van der Waals surface area contributed by atoms with E-state index in [9.17, 15) is 19.2 Å². The van der Waals surface area contributed by atoms with Gasteiger partial charge >= 0.3 is 11.9 Å². The Kier molecular flexibility index (Phi) is 10.4. The maximum Gasteiger partial charge on any atom is 0.338 e. The molecule has 2 N–H and O–H groups in total. The first-order valence-corrected chi connectivity index (χ1v) is 12.4. The predicted octanol–water partition coefficient (Wildman–Crippen LogP) is 4.72. The summed E-state index contributed by atoms with van der Waals surface area (Å²) in [6.07, 6.45) is 1.41. The molecule has 40 heavy (non-hydrogen) atoms. The van der Waals surface area contributed by atoms with E-state index in [0.29, 0.717) is 39.6 Å². The Morgan fingerprint density at radius 2 is 1.10 bits per heavy atom. The highest BCUT2D eigenvalue weighted by molar-refractivity contribution is 6.28. The van der Waals surface area contributed by atoms with Crippen molar-refractivity contribution >= 4 is 41.2 Å². The summed E-state index contributed by atoms with van der Waals surface area (Å²) in [7, 11) is 2.98. The van der Waals surface area contributed by atoms with Gasteiger partial charge in [0.15, 0.2) is 11.5 Å². The minimum Gasteiger partial charge on any atom is -0.493 e. The number of benzene rings is 3. The van der Waals surface area contributed by atoms with E-state index in [1.165, 1.54) is 68.8 Å². The third-order valence-corrected chi connectivity index (χ3v) is 5.52. The molecule has 10 nitrogen and oxygen atoms in total. The average Bonchev–Trinajstić information content (AvgIpc) is 2.96. The molecule has 0 saturated heterocycles. The van der Waals surface area contributed by atoms with Crippen LogP contribution in [0.4, 0.5) is 11.4 Å². The lowest BCUT2D eigenvalue weighted by Gasteiger charge is -2.12. The van der Waals surface area contributed by atoms with Crippen LogP contribution in [-0.4, -0.2) is 51.2 Å². The number of esters is 2. The summed E-state index contributed by atoms with van der Waals surface area (Å²) in [5.41, 5.74) is 1.67. The summed E-state index contributed by atoms with van der Waals surface area (Å²) in [5.74, 6) is -1.46. The number of carbonyl (C=O) groups excluding carboxylic acids is 4. The largest absolute Gasteiger partial charge is 0.493 e. The smallest absolute Gasteiger partial charge is 0.338 e. The second kappa shape index (κ2) is 14.1. The Hall–Kier alpha value is -5.12. The number of carbonyl (C=O) groups is 4. The molecule has 0 spiro atoms. The van der Waals surface area contributed by atoms with Gasteiger partial charge in [0.25, 0.3) is 11.8 Å². The molecular weight excluding hydrogens is 516 g/mol. The molecule has 0 aromatic heterocycles. The molecule has 0 aliphatic rings. The topological polar surface area (TPSA) is 129 Å². The molecule has 0 aliphatic heterocycles. The van der Waals surface area contributed by atoms with Gasteiger partial charge in [-0.1, -0.05) is 6.07 Å². The van der Waals surface area contributed by atoms with Crippen molar-refractivity contribution in [1.29, 1.82) is 0 Å². The lowest BCUT2D eigenvalue weighted by atomic mass is 10.1. The standard InChI is InChI=1S/C30H30N2O8/c1-5-39-29(35)20-8-12-22(13-9-20)31-27(33)24(17-19-7-16-25(37-3)26(18-19)38-4)28(34)32-23-14-10-21(11-15-23)30(36)40-6-2/h7-18H,5-6H2,1-4H3,(H,31,33)(H,32,34). The van der Waals surface area contributed by atoms with Gasteiger partial charge < -0.3 is 29.6 Å². The van der Waals surface area contributed by atoms with Crippen LogP contribution in [-0.2, 0) is 19.1 Å². The fourth-order valence-electron chi connectivity index (χ4n) is 3.55. The number of methoxy groups -OCH3 is 2. The molecule has 0 heterocycles. The highest BCUT2D eigenvalue weighted by Gasteiger charge is 2.20. The number of amides is 2. The third kappa shape index (κ3) is 7.70. The summed E-state index contributed by atoms with van der Waals surface area (Å²) in [4.78, 5) is 50.5. The minimum absolute atomic E-state index is 0.212. The van der Waals surface area contributed by atoms with E-state index in [-0.39, 0.29) is 18.8 Å². The maximum absolute atomic E-state index is 13.3. The van der Waals surface area contributed by atoms with Gasteiger partial charge in [0.05, 0.1) is 38.6 Å². The van der Waals surface area contributed by atoms with Crippen molar-refractivity contribution in [3.63, 3.8) is 0 Å². The van der Waals surface area contributed by atoms with E-state index < -0.39 is 23.8 Å². The molecule has 2 amide bonds. The zero-order chi connectivity index (χ0) is 29.1. The molecule has 0 unspecified atom stereocenters. The van der Waals surface area contributed by atoms with Gasteiger partial charge in [0, 0.05) is 11.4 Å². The normalized spacial score (nSPS) is 10.1. The Morgan fingerprint density at radius 3 is 1.50 bits per heavy atom. The number of rotatable bonds is 11. The van der Waals surface area contributed by atoms with Crippen LogP contribution in [0.3, 0.4) is 0 Å². The van der Waals surface area contributed by atoms with Crippen molar-refractivity contribution in [2.45, 2.75) is 13.8 Å². The van der Waals surface area contributed by atoms with Gasteiger partial charge in [-0.2, -0.15) is 0 Å². The van der Waals surface area contributed by atoms with E-state index in [4.69, 9.17) is 18.9 Å². The lowest BCUT2D eigenvalue weighted by Crippen LogP contribution is -2.25. The Morgan fingerprint density at radius 1 is 0.650 bits per heavy atom. The fourth-order valence-corrected chi connectivity index (χ4v) is 3.55. The molecule has 0 aliphatic carbocycles. The number of anilines is 2. The second-order valence-electron chi connectivity index (χ2n) is 8.18. The van der Waals surface area contributed by atoms with Crippen LogP contribution in [0.2, 0.25) is 0 Å². The third-order valence-electron chi connectivity index (χ3n) is 5.52. The Bertz CT molecular complexity index is 1320. The van der Waals surface area contributed by atoms with Crippen LogP contribution >= 0.6 is 0 Å². The second-order valence-corrected chi connectivity index (χ2v) is 8.18. The zero-order valence-electron chi connectivity index (χ0n) is 22.6. The molecular formula is C30H30N2O8. The number of hydrogen-bond donors (Lipinski definition) is 2. The molecule has 10 heteroatoms. The molecule has 0 fully saturated rings. The van der Waals surface area contributed by atoms with E-state index >= 15 is 0 Å². The van der Waals surface area contributed by atoms with Crippen molar-refractivity contribution in [2.75, 3.05) is 38.1 Å². The highest BCUT2D eigenvalue weighted by Crippen LogP contribution is 2.29. The van der Waals surface area contributed by atoms with Gasteiger partial charge in [-0.25, -0.2) is 9.59 Å². The summed E-state index contributed by atoms with van der Waals surface area (Å²) in [6, 6.07) is 17.1. The van der Waals surface area contributed by atoms with Gasteiger partial charge in [0.2, 0.25) is 0 Å². The van der Waals surface area contributed by atoms with E-state index in [1.807, 2.05) is 0 Å². The monoisotopic (exact) mass is 546 g/mol. The molecule has 0 saturated carbocycles. The number of ether oxygens (including phenoxy) is 4. The quantitative estimate of drug-likeness (QED) is 0.153. The first-order chi connectivity index (χ1) is 19.3. The highest BCUT2D eigenvalue weighted by atomic mass is 16.5. The molecule has 208 valence electrons. The average molecular weight is 547 g/mol. The Balaban J connectivity index is 1.89. The van der Waals surface area contributed by atoms with E-state index in [0.717, 1.165) is 0 Å². The van der Waals surface area contributed by atoms with Crippen LogP contribution in [0, 0.1) is 0 Å². The van der Waals surface area contributed by atoms with Crippen molar-refractivity contribution in [1.82, 2.24) is 0 Å². The maximum atomic E-state index is 13.3. The Labute approximate surface area is 231 Å². The van der Waals surface area contributed by atoms with Crippen molar-refractivity contribution in [3.05, 3.63) is 89.0 Å². The van der Waals surface area contributed by atoms with Gasteiger partial charge in [-0.05, 0) is 86.2 Å². The number of hydrogen-bond acceptors (Lipinski definition) is 8. The SMILES string of the molecule is CCOC(=O)c1ccc(NC(=O)C(=Cc2ccc(OC)c(OC)c2)C(=O)Nc2ccc(C(=O)OCC)cc2)cc1. The van der Waals surface area contributed by atoms with Crippen molar-refractivity contribution in [3.8, 4) is 11.5 Å². The predicted molar refractivity (Wildman–Crippen MR) is 150 cm³/mol. The minimum atomic E-state index is -0.695. The molecule has 3 rings (SSSR count). The van der Waals surface area contributed by atoms with E-state index in [2.05, 4.69) is 10.6 Å². The summed E-state index contributed by atoms with van der Waals surface area (Å²) in [5, 5.41) is 5.36. The van der Waals surface area contributed by atoms with Crippen molar-refractivity contribution < 1.29 is 38.1 Å². The number of nitrogens with one attached hydrogen (secondary N) is 2. The summed E-state index contributed by atoms with van der Waals surface area (Å²) < 4.78 is 20.6. The van der Waals surface area contributed by atoms with Crippen LogP contribution in [0.25, 0.3) is 6.08 Å². The summed E-state index contributed by atoms with van der Waals surface area (Å²) >= 11 is 0. The fraction of sp³-hybridized carbons (Fsp3) is 0.200. The van der Waals surface area contributed by atoms with Crippen molar-refractivity contribution in [2.24, 2.45) is 0 Å². The molecule has 0 bridgehead atoms. The van der Waals surface area contributed by atoms with Gasteiger partial charge in [0.1, 0.15) is 5.57 Å². The molecule has 3 aromatic carbocycles. The van der Waals surface area contributed by atoms with Crippen LogP contribution in [0.1, 0.15) is 40.1 Å². The zero-order valence-corrected chi connectivity index (χ0v) is 22.6. The van der Waals surface area contributed by atoms with Crippen LogP contribution in [0.5, 0.6) is 11.5 Å². The first-order valence-electron chi connectivity index (χ1n) is 12.4. The van der Waals surface area contributed by atoms with E-state index in [1.54, 1.807) is 32.0 Å². The van der Waals surface area contributed by atoms with Gasteiger partial charge in [-0.15, -0.1) is 0 Å². The summed E-state index contributed by atoms with van der Waals surface area (Å²) in [6.45, 7) is 3.89. The van der Waals surface area contributed by atoms with Crippen LogP contribution in [0.15, 0.2) is 72.3 Å². The molecule has 0 radical (unpaired) electrons. The molecule has 3 aromatic rings. The van der Waals surface area contributed by atoms with Crippen LogP contribution < -0.4 is 20.1 Å². The molecule has 0 atom stereocenters. The lowest BCUT2D eigenvalue weighted by molar-refractivity contribution is -0.118.